The van der Waals surface area contributed by atoms with E-state index < -0.39 is 0 Å². The van der Waals surface area contributed by atoms with Gasteiger partial charge >= 0.3 is 0 Å². The van der Waals surface area contributed by atoms with Gasteiger partial charge in [0.1, 0.15) is 5.75 Å². The van der Waals surface area contributed by atoms with Crippen molar-refractivity contribution in [1.82, 2.24) is 19.6 Å². The number of carbonyl (C=O) groups is 1. The Hall–Kier alpha value is -4.39. The number of hydrogen-bond donors (Lipinski definition) is 1. The molecule has 164 valence electrons. The molecule has 7 nitrogen and oxygen atoms in total. The van der Waals surface area contributed by atoms with Crippen molar-refractivity contribution in [1.29, 1.82) is 0 Å². The summed E-state index contributed by atoms with van der Waals surface area (Å²) in [6.45, 7) is 2.82. The Morgan fingerprint density at radius 3 is 2.70 bits per heavy atom. The molecule has 0 aliphatic carbocycles. The van der Waals surface area contributed by atoms with Crippen LogP contribution in [0.15, 0.2) is 91.4 Å². The fraction of sp³-hybridized carbons (Fsp3) is 0.115. The summed E-state index contributed by atoms with van der Waals surface area (Å²) in [5.41, 5.74) is 3.14. The van der Waals surface area contributed by atoms with Gasteiger partial charge in [-0.05, 0) is 41.0 Å². The lowest BCUT2D eigenvalue weighted by molar-refractivity contribution is 0.102. The second-order valence-corrected chi connectivity index (χ2v) is 7.80. The number of para-hydroxylation sites is 1. The quantitative estimate of drug-likeness (QED) is 0.394. The van der Waals surface area contributed by atoms with Crippen molar-refractivity contribution in [3.05, 3.63) is 108 Å². The van der Waals surface area contributed by atoms with Crippen LogP contribution in [-0.2, 0) is 13.3 Å². The van der Waals surface area contributed by atoms with Gasteiger partial charge in [0.05, 0.1) is 18.4 Å². The van der Waals surface area contributed by atoms with Crippen LogP contribution in [0.2, 0.25) is 0 Å². The molecule has 7 heteroatoms. The second kappa shape index (κ2) is 9.00. The van der Waals surface area contributed by atoms with Crippen LogP contribution in [0.5, 0.6) is 5.75 Å². The first-order valence-corrected chi connectivity index (χ1v) is 10.7. The zero-order valence-electron chi connectivity index (χ0n) is 18.2. The molecule has 0 spiro atoms. The number of fused-ring (bicyclic) bond motifs is 1. The highest BCUT2D eigenvalue weighted by atomic mass is 16.5. The Balaban J connectivity index is 1.22. The lowest BCUT2D eigenvalue weighted by atomic mass is 10.0. The Morgan fingerprint density at radius 1 is 0.970 bits per heavy atom. The van der Waals surface area contributed by atoms with Crippen molar-refractivity contribution in [3.63, 3.8) is 0 Å². The summed E-state index contributed by atoms with van der Waals surface area (Å²) in [4.78, 5) is 12.6. The van der Waals surface area contributed by atoms with Crippen molar-refractivity contribution in [2.45, 2.75) is 20.2 Å². The van der Waals surface area contributed by atoms with Crippen molar-refractivity contribution < 1.29 is 9.53 Å². The number of aromatic nitrogens is 4. The number of aryl methyl sites for hydroxylation is 1. The van der Waals surface area contributed by atoms with E-state index in [1.54, 1.807) is 23.1 Å². The van der Waals surface area contributed by atoms with Crippen molar-refractivity contribution in [3.8, 4) is 5.75 Å². The van der Waals surface area contributed by atoms with Crippen molar-refractivity contribution in [2.24, 2.45) is 0 Å². The number of carbonyl (C=O) groups excluding carboxylic acids is 1. The molecule has 0 aliphatic heterocycles. The molecular weight excluding hydrogens is 414 g/mol. The molecule has 0 aliphatic rings. The molecule has 0 unspecified atom stereocenters. The number of nitrogens with one attached hydrogen (secondary N) is 1. The third-order valence-corrected chi connectivity index (χ3v) is 5.42. The summed E-state index contributed by atoms with van der Waals surface area (Å²) in [5, 5.41) is 14.0. The van der Waals surface area contributed by atoms with E-state index in [0.29, 0.717) is 17.9 Å². The minimum Gasteiger partial charge on any atom is -0.471 e. The van der Waals surface area contributed by atoms with Gasteiger partial charge in [-0.15, -0.1) is 0 Å². The van der Waals surface area contributed by atoms with Crippen LogP contribution < -0.4 is 10.1 Å². The average Bonchev–Trinajstić information content (AvgIpc) is 3.48. The number of benzene rings is 3. The van der Waals surface area contributed by atoms with Gasteiger partial charge in [0.2, 0.25) is 0 Å². The molecule has 0 radical (unpaired) electrons. The molecule has 0 saturated carbocycles. The molecule has 2 heterocycles. The van der Waals surface area contributed by atoms with Crippen LogP contribution in [-0.4, -0.2) is 25.5 Å². The maximum atomic E-state index is 12.6. The van der Waals surface area contributed by atoms with E-state index in [0.717, 1.165) is 11.3 Å². The van der Waals surface area contributed by atoms with Crippen LogP contribution in [0.1, 0.15) is 21.6 Å². The number of hydrogen-bond acceptors (Lipinski definition) is 4. The SMILES string of the molecule is Cc1ccccc1OCn1ccc(C(=O)Nc2cnn(Cc3cccc4ccccc34)c2)n1. The van der Waals surface area contributed by atoms with Crippen LogP contribution in [0.25, 0.3) is 10.8 Å². The first-order chi connectivity index (χ1) is 16.2. The van der Waals surface area contributed by atoms with E-state index in [-0.39, 0.29) is 12.6 Å². The average molecular weight is 438 g/mol. The summed E-state index contributed by atoms with van der Waals surface area (Å²) in [6, 6.07) is 23.9. The number of rotatable bonds is 7. The molecule has 0 saturated heterocycles. The number of ether oxygens (including phenoxy) is 1. The lowest BCUT2D eigenvalue weighted by Gasteiger charge is -2.08. The highest BCUT2D eigenvalue weighted by molar-refractivity contribution is 6.02. The lowest BCUT2D eigenvalue weighted by Crippen LogP contribution is -2.14. The Labute approximate surface area is 191 Å². The summed E-state index contributed by atoms with van der Waals surface area (Å²) in [5.74, 6) is 0.493. The van der Waals surface area contributed by atoms with Crippen LogP contribution in [0.3, 0.4) is 0 Å². The fourth-order valence-corrected chi connectivity index (χ4v) is 3.72. The molecule has 0 atom stereocenters. The van der Waals surface area contributed by atoms with E-state index >= 15 is 0 Å². The Bertz CT molecular complexity index is 1410. The normalized spacial score (nSPS) is 10.9. The summed E-state index contributed by atoms with van der Waals surface area (Å²) >= 11 is 0. The zero-order chi connectivity index (χ0) is 22.6. The van der Waals surface area contributed by atoms with Gasteiger partial charge < -0.3 is 10.1 Å². The monoisotopic (exact) mass is 437 g/mol. The molecule has 0 fully saturated rings. The second-order valence-electron chi connectivity index (χ2n) is 7.80. The first kappa shape index (κ1) is 20.5. The first-order valence-electron chi connectivity index (χ1n) is 10.7. The van der Waals surface area contributed by atoms with Crippen LogP contribution >= 0.6 is 0 Å². The molecule has 1 N–H and O–H groups in total. The van der Waals surface area contributed by atoms with E-state index in [1.165, 1.54) is 16.3 Å². The number of nitrogens with zero attached hydrogens (tertiary/aromatic N) is 4. The standard InChI is InChI=1S/C26H23N5O2/c1-19-7-2-5-12-25(19)33-18-30-14-13-24(29-30)26(32)28-22-15-27-31(17-22)16-21-10-6-9-20-8-3-4-11-23(20)21/h2-15,17H,16,18H2,1H3,(H,28,32). The number of anilines is 1. The summed E-state index contributed by atoms with van der Waals surface area (Å²) in [7, 11) is 0. The van der Waals surface area contributed by atoms with Crippen LogP contribution in [0.4, 0.5) is 5.69 Å². The molecular formula is C26H23N5O2. The highest BCUT2D eigenvalue weighted by Gasteiger charge is 2.12. The fourth-order valence-electron chi connectivity index (χ4n) is 3.72. The maximum Gasteiger partial charge on any atom is 0.276 e. The van der Waals surface area contributed by atoms with Gasteiger partial charge in [0.15, 0.2) is 12.4 Å². The van der Waals surface area contributed by atoms with E-state index in [1.807, 2.05) is 60.3 Å². The smallest absolute Gasteiger partial charge is 0.276 e. The minimum absolute atomic E-state index is 0.223. The van der Waals surface area contributed by atoms with Gasteiger partial charge in [-0.25, -0.2) is 4.68 Å². The Morgan fingerprint density at radius 2 is 1.79 bits per heavy atom. The summed E-state index contributed by atoms with van der Waals surface area (Å²) < 4.78 is 9.18. The van der Waals surface area contributed by atoms with Crippen molar-refractivity contribution in [2.75, 3.05) is 5.32 Å². The largest absolute Gasteiger partial charge is 0.471 e. The Kier molecular flexibility index (Phi) is 5.59. The van der Waals surface area contributed by atoms with Gasteiger partial charge in [-0.1, -0.05) is 60.7 Å². The third-order valence-electron chi connectivity index (χ3n) is 5.42. The molecule has 3 aromatic carbocycles. The predicted molar refractivity (Wildman–Crippen MR) is 127 cm³/mol. The topological polar surface area (TPSA) is 74.0 Å². The van der Waals surface area contributed by atoms with Crippen molar-refractivity contribution >= 4 is 22.4 Å². The van der Waals surface area contributed by atoms with Gasteiger partial charge in [-0.3, -0.25) is 9.48 Å². The zero-order valence-corrected chi connectivity index (χ0v) is 18.2. The molecule has 33 heavy (non-hydrogen) atoms. The maximum absolute atomic E-state index is 12.6. The van der Waals surface area contributed by atoms with Crippen LogP contribution in [0, 0.1) is 6.92 Å². The van der Waals surface area contributed by atoms with E-state index in [9.17, 15) is 4.79 Å². The van der Waals surface area contributed by atoms with Gasteiger partial charge in [-0.2, -0.15) is 10.2 Å². The molecule has 2 aromatic heterocycles. The number of amides is 1. The molecule has 5 aromatic rings. The van der Waals surface area contributed by atoms with Gasteiger partial charge in [0, 0.05) is 12.4 Å². The third kappa shape index (κ3) is 4.62. The molecule has 5 rings (SSSR count). The van der Waals surface area contributed by atoms with E-state index in [4.69, 9.17) is 4.74 Å². The van der Waals surface area contributed by atoms with E-state index in [2.05, 4.69) is 39.8 Å². The minimum atomic E-state index is -0.297. The highest BCUT2D eigenvalue weighted by Crippen LogP contribution is 2.20. The molecule has 0 bridgehead atoms. The van der Waals surface area contributed by atoms with Gasteiger partial charge in [0.25, 0.3) is 5.91 Å². The molecule has 1 amide bonds. The summed E-state index contributed by atoms with van der Waals surface area (Å²) in [6.07, 6.45) is 5.18. The predicted octanol–water partition coefficient (Wildman–Crippen LogP) is 4.88.